The molecule has 0 amide bonds. The van der Waals surface area contributed by atoms with Crippen LogP contribution >= 0.6 is 11.6 Å². The number of fused-ring (bicyclic) bond motifs is 2. The fourth-order valence-corrected chi connectivity index (χ4v) is 3.97. The van der Waals surface area contributed by atoms with Gasteiger partial charge >= 0.3 is 5.69 Å². The van der Waals surface area contributed by atoms with Crippen molar-refractivity contribution in [2.24, 2.45) is 0 Å². The Morgan fingerprint density at radius 3 is 2.57 bits per heavy atom. The first-order chi connectivity index (χ1) is 14.5. The highest BCUT2D eigenvalue weighted by Gasteiger charge is 2.19. The number of rotatable bonds is 6. The van der Waals surface area contributed by atoms with Gasteiger partial charge in [0.1, 0.15) is 0 Å². The van der Waals surface area contributed by atoms with Gasteiger partial charge in [0.05, 0.1) is 11.0 Å². The van der Waals surface area contributed by atoms with Gasteiger partial charge in [0.25, 0.3) is 5.56 Å². The standard InChI is InChI=1S/C23H23ClN4O2/c1-3-5-16-13-19-18(12-14(16)2)25-20-21(26-23(30)27-22(20)29)28(19)11-4-6-15-7-9-17(24)10-8-15/h7-10,12-13H,3-6,11H2,1-2H3,(H,27,29,30). The highest BCUT2D eigenvalue weighted by molar-refractivity contribution is 6.30. The molecule has 0 radical (unpaired) electrons. The predicted octanol–water partition coefficient (Wildman–Crippen LogP) is 4.13. The van der Waals surface area contributed by atoms with Crippen LogP contribution in [0, 0.1) is 6.92 Å². The maximum Gasteiger partial charge on any atom is 0.349 e. The van der Waals surface area contributed by atoms with E-state index in [1.807, 2.05) is 34.9 Å². The summed E-state index contributed by atoms with van der Waals surface area (Å²) in [5.41, 5.74) is 4.23. The van der Waals surface area contributed by atoms with Crippen LogP contribution in [-0.2, 0) is 19.4 Å². The summed E-state index contributed by atoms with van der Waals surface area (Å²) < 4.78 is 1.96. The van der Waals surface area contributed by atoms with Crippen molar-refractivity contribution in [3.8, 4) is 11.5 Å². The van der Waals surface area contributed by atoms with Crippen LogP contribution in [0.1, 0.15) is 36.5 Å². The van der Waals surface area contributed by atoms with Gasteiger partial charge in [0, 0.05) is 11.6 Å². The summed E-state index contributed by atoms with van der Waals surface area (Å²) in [5, 5.41) is 0.712. The van der Waals surface area contributed by atoms with Crippen LogP contribution in [0.25, 0.3) is 22.6 Å². The Balaban J connectivity index is 1.82. The second kappa shape index (κ2) is 8.40. The van der Waals surface area contributed by atoms with Crippen LogP contribution in [0.5, 0.6) is 0 Å². The first-order valence-electron chi connectivity index (χ1n) is 10.1. The largest absolute Gasteiger partial charge is 0.349 e. The third kappa shape index (κ3) is 4.00. The molecule has 0 saturated heterocycles. The van der Waals surface area contributed by atoms with Crippen molar-refractivity contribution in [3.05, 3.63) is 78.9 Å². The van der Waals surface area contributed by atoms with Crippen LogP contribution in [0.15, 0.2) is 46.0 Å². The lowest BCUT2D eigenvalue weighted by Crippen LogP contribution is -2.29. The Kier molecular flexibility index (Phi) is 5.68. The molecule has 6 nitrogen and oxygen atoms in total. The van der Waals surface area contributed by atoms with Gasteiger partial charge in [0.2, 0.25) is 0 Å². The van der Waals surface area contributed by atoms with E-state index in [1.165, 1.54) is 11.1 Å². The highest BCUT2D eigenvalue weighted by atomic mass is 35.5. The summed E-state index contributed by atoms with van der Waals surface area (Å²) in [4.78, 5) is 35.2. The van der Waals surface area contributed by atoms with E-state index in [9.17, 15) is 9.59 Å². The summed E-state index contributed by atoms with van der Waals surface area (Å²) in [7, 11) is 0. The number of aromatic amines is 1. The van der Waals surface area contributed by atoms with Gasteiger partial charge in [-0.15, -0.1) is 0 Å². The number of hydrogen-bond donors (Lipinski definition) is 1. The molecule has 2 heterocycles. The third-order valence-corrected chi connectivity index (χ3v) is 5.60. The number of benzene rings is 2. The summed E-state index contributed by atoms with van der Waals surface area (Å²) in [6.45, 7) is 4.82. The van der Waals surface area contributed by atoms with Gasteiger partial charge in [0.15, 0.2) is 11.5 Å². The third-order valence-electron chi connectivity index (χ3n) is 5.35. The van der Waals surface area contributed by atoms with E-state index in [1.54, 1.807) is 0 Å². The van der Waals surface area contributed by atoms with E-state index in [4.69, 9.17) is 11.6 Å². The SMILES string of the molecule is CCCc1cc2c(cc1C)nc1c(=O)[nH]c(=O)nc-1n2CCCc1ccc(Cl)cc1. The summed E-state index contributed by atoms with van der Waals surface area (Å²) in [6, 6.07) is 11.9. The van der Waals surface area contributed by atoms with Crippen LogP contribution in [-0.4, -0.2) is 19.5 Å². The van der Waals surface area contributed by atoms with Gasteiger partial charge < -0.3 is 4.57 Å². The van der Waals surface area contributed by atoms with Crippen molar-refractivity contribution in [3.63, 3.8) is 0 Å². The van der Waals surface area contributed by atoms with E-state index >= 15 is 0 Å². The lowest BCUT2D eigenvalue weighted by atomic mass is 10.0. The minimum absolute atomic E-state index is 0.191. The van der Waals surface area contributed by atoms with Gasteiger partial charge in [-0.1, -0.05) is 37.1 Å². The zero-order chi connectivity index (χ0) is 21.3. The maximum absolute atomic E-state index is 12.4. The first kappa shape index (κ1) is 20.3. The van der Waals surface area contributed by atoms with Gasteiger partial charge in [-0.3, -0.25) is 9.78 Å². The van der Waals surface area contributed by atoms with Crippen molar-refractivity contribution >= 4 is 22.6 Å². The molecule has 0 spiro atoms. The number of nitrogens with zero attached hydrogens (tertiary/aromatic N) is 3. The van der Waals surface area contributed by atoms with E-state index in [0.717, 1.165) is 42.3 Å². The van der Waals surface area contributed by atoms with Crippen molar-refractivity contribution in [1.29, 1.82) is 0 Å². The number of nitrogens with one attached hydrogen (secondary N) is 1. The fraction of sp³-hybridized carbons (Fsp3) is 0.304. The minimum Gasteiger partial charge on any atom is -0.322 e. The molecule has 0 saturated carbocycles. The molecule has 4 rings (SSSR count). The Labute approximate surface area is 178 Å². The van der Waals surface area contributed by atoms with Gasteiger partial charge in [-0.2, -0.15) is 4.98 Å². The zero-order valence-electron chi connectivity index (χ0n) is 17.0. The average molecular weight is 423 g/mol. The second-order valence-electron chi connectivity index (χ2n) is 7.55. The Morgan fingerprint density at radius 1 is 1.07 bits per heavy atom. The van der Waals surface area contributed by atoms with Gasteiger partial charge in [-0.05, 0) is 67.1 Å². The Morgan fingerprint density at radius 2 is 1.83 bits per heavy atom. The van der Waals surface area contributed by atoms with Gasteiger partial charge in [-0.25, -0.2) is 9.78 Å². The number of aryl methyl sites for hydroxylation is 4. The van der Waals surface area contributed by atoms with E-state index < -0.39 is 11.2 Å². The summed E-state index contributed by atoms with van der Waals surface area (Å²) >= 11 is 5.97. The Hall–Kier alpha value is -2.99. The molecule has 2 aliphatic rings. The van der Waals surface area contributed by atoms with E-state index in [-0.39, 0.29) is 5.69 Å². The topological polar surface area (TPSA) is 80.6 Å². The van der Waals surface area contributed by atoms with Crippen LogP contribution in [0.2, 0.25) is 5.02 Å². The number of aromatic nitrogens is 4. The molecule has 2 aromatic carbocycles. The highest BCUT2D eigenvalue weighted by Crippen LogP contribution is 2.25. The molecule has 30 heavy (non-hydrogen) atoms. The van der Waals surface area contributed by atoms with Crippen LogP contribution < -0.4 is 11.2 Å². The summed E-state index contributed by atoms with van der Waals surface area (Å²) in [6.07, 6.45) is 3.66. The van der Waals surface area contributed by atoms with Crippen LogP contribution in [0.4, 0.5) is 0 Å². The molecule has 0 aromatic heterocycles. The molecule has 7 heteroatoms. The van der Waals surface area contributed by atoms with Crippen molar-refractivity contribution in [2.75, 3.05) is 0 Å². The zero-order valence-corrected chi connectivity index (χ0v) is 17.8. The number of hydrogen-bond acceptors (Lipinski definition) is 4. The minimum atomic E-state index is -0.652. The normalized spacial score (nSPS) is 11.4. The molecule has 154 valence electrons. The smallest absolute Gasteiger partial charge is 0.322 e. The average Bonchev–Trinajstić information content (AvgIpc) is 2.71. The van der Waals surface area contributed by atoms with E-state index in [2.05, 4.69) is 34.9 Å². The quantitative estimate of drug-likeness (QED) is 0.474. The van der Waals surface area contributed by atoms with Crippen molar-refractivity contribution in [2.45, 2.75) is 46.1 Å². The lowest BCUT2D eigenvalue weighted by Gasteiger charge is -2.18. The number of halogens is 1. The second-order valence-corrected chi connectivity index (χ2v) is 7.99. The molecule has 2 aliphatic heterocycles. The summed E-state index contributed by atoms with van der Waals surface area (Å²) in [5.74, 6) is 0.332. The number of H-pyrrole nitrogens is 1. The predicted molar refractivity (Wildman–Crippen MR) is 120 cm³/mol. The maximum atomic E-state index is 12.4. The van der Waals surface area contributed by atoms with Crippen molar-refractivity contribution < 1.29 is 0 Å². The monoisotopic (exact) mass is 422 g/mol. The molecular weight excluding hydrogens is 400 g/mol. The molecule has 0 unspecified atom stereocenters. The molecule has 0 atom stereocenters. The molecule has 1 N–H and O–H groups in total. The first-order valence-corrected chi connectivity index (χ1v) is 10.5. The van der Waals surface area contributed by atoms with Crippen molar-refractivity contribution in [1.82, 2.24) is 19.5 Å². The molecular formula is C23H23ClN4O2. The molecule has 0 bridgehead atoms. The Bertz CT molecular complexity index is 1290. The van der Waals surface area contributed by atoms with Crippen LogP contribution in [0.3, 0.4) is 0 Å². The lowest BCUT2D eigenvalue weighted by molar-refractivity contribution is 0.648. The fourth-order valence-electron chi connectivity index (χ4n) is 3.85. The van der Waals surface area contributed by atoms with E-state index in [0.29, 0.717) is 17.4 Å². The molecule has 0 aliphatic carbocycles. The molecule has 0 fully saturated rings. The molecule has 2 aromatic rings.